The van der Waals surface area contributed by atoms with Crippen molar-refractivity contribution in [3.8, 4) is 0 Å². The molecule has 0 aromatic heterocycles. The third kappa shape index (κ3) is 17.0. The second kappa shape index (κ2) is 17.9. The van der Waals surface area contributed by atoms with Crippen molar-refractivity contribution in [2.75, 3.05) is 26.4 Å². The molecule has 0 spiro atoms. The summed E-state index contributed by atoms with van der Waals surface area (Å²) in [7, 11) is 0. The normalized spacial score (nSPS) is 10.9. The number of carbonyl (C=O) groups excluding carboxylic acids is 2. The van der Waals surface area contributed by atoms with Gasteiger partial charge in [0.05, 0.1) is 13.2 Å². The predicted octanol–water partition coefficient (Wildman–Crippen LogP) is 2.51. The zero-order chi connectivity index (χ0) is 17.9. The molecule has 0 saturated heterocycles. The van der Waals surface area contributed by atoms with Crippen molar-refractivity contribution in [1.82, 2.24) is 0 Å². The Kier molecular flexibility index (Phi) is 16.9. The molecule has 6 nitrogen and oxygen atoms in total. The first-order valence-corrected chi connectivity index (χ1v) is 8.94. The minimum absolute atomic E-state index is 0.222. The van der Waals surface area contributed by atoms with Crippen molar-refractivity contribution in [3.63, 3.8) is 0 Å². The van der Waals surface area contributed by atoms with E-state index >= 15 is 0 Å². The Morgan fingerprint density at radius 3 is 1.29 bits per heavy atom. The van der Waals surface area contributed by atoms with Crippen molar-refractivity contribution < 1.29 is 29.3 Å². The van der Waals surface area contributed by atoms with E-state index in [9.17, 15) is 9.59 Å². The van der Waals surface area contributed by atoms with E-state index in [1.54, 1.807) is 0 Å². The summed E-state index contributed by atoms with van der Waals surface area (Å²) in [4.78, 5) is 22.8. The lowest BCUT2D eigenvalue weighted by Gasteiger charge is -2.03. The molecule has 0 aliphatic rings. The summed E-state index contributed by atoms with van der Waals surface area (Å²) in [5.74, 6) is -1.07. The number of aliphatic hydroxyl groups excluding tert-OH is 2. The van der Waals surface area contributed by atoms with Crippen LogP contribution in [0.1, 0.15) is 64.2 Å². The molecule has 0 saturated carbocycles. The number of esters is 2. The van der Waals surface area contributed by atoms with Gasteiger partial charge in [-0.05, 0) is 25.7 Å². The standard InChI is InChI=1S/C18H32O6/c19-13-7-3-1-5-9-15-23-17(21)11-12-18(22)24-16-10-6-2-4-8-14-20/h11-12,19-20H,1-10,13-16H2/b12-11+. The Labute approximate surface area is 144 Å². The molecule has 0 unspecified atom stereocenters. The van der Waals surface area contributed by atoms with Gasteiger partial charge < -0.3 is 19.7 Å². The average molecular weight is 344 g/mol. The minimum Gasteiger partial charge on any atom is -0.463 e. The number of carbonyl (C=O) groups is 2. The molecule has 0 bridgehead atoms. The molecule has 6 heteroatoms. The van der Waals surface area contributed by atoms with Crippen molar-refractivity contribution in [1.29, 1.82) is 0 Å². The van der Waals surface area contributed by atoms with Gasteiger partial charge in [0.25, 0.3) is 0 Å². The zero-order valence-corrected chi connectivity index (χ0v) is 14.6. The van der Waals surface area contributed by atoms with Crippen LogP contribution in [0, 0.1) is 0 Å². The van der Waals surface area contributed by atoms with Crippen LogP contribution in [0.3, 0.4) is 0 Å². The number of aliphatic hydroxyl groups is 2. The van der Waals surface area contributed by atoms with Crippen molar-refractivity contribution >= 4 is 11.9 Å². The Balaban J connectivity index is 3.48. The van der Waals surface area contributed by atoms with E-state index in [4.69, 9.17) is 19.7 Å². The van der Waals surface area contributed by atoms with Gasteiger partial charge in [-0.25, -0.2) is 9.59 Å². The summed E-state index contributed by atoms with van der Waals surface area (Å²) in [6.45, 7) is 1.12. The smallest absolute Gasteiger partial charge is 0.331 e. The lowest BCUT2D eigenvalue weighted by atomic mass is 10.1. The highest BCUT2D eigenvalue weighted by Crippen LogP contribution is 2.04. The lowest BCUT2D eigenvalue weighted by Crippen LogP contribution is -2.06. The van der Waals surface area contributed by atoms with Gasteiger partial charge in [-0.1, -0.05) is 38.5 Å². The molecule has 0 radical (unpaired) electrons. The molecule has 0 atom stereocenters. The molecule has 140 valence electrons. The van der Waals surface area contributed by atoms with Crippen LogP contribution in [-0.2, 0) is 19.1 Å². The monoisotopic (exact) mass is 344 g/mol. The van der Waals surface area contributed by atoms with Gasteiger partial charge in [-0.2, -0.15) is 0 Å². The van der Waals surface area contributed by atoms with Crippen LogP contribution in [0.5, 0.6) is 0 Å². The second-order valence-electron chi connectivity index (χ2n) is 5.65. The summed E-state index contributed by atoms with van der Waals surface area (Å²) in [5, 5.41) is 17.3. The molecule has 0 rings (SSSR count). The van der Waals surface area contributed by atoms with Crippen LogP contribution in [0.2, 0.25) is 0 Å². The zero-order valence-electron chi connectivity index (χ0n) is 14.6. The highest BCUT2D eigenvalue weighted by atomic mass is 16.5. The van der Waals surface area contributed by atoms with Gasteiger partial charge in [0.2, 0.25) is 0 Å². The van der Waals surface area contributed by atoms with Gasteiger partial charge in [0.15, 0.2) is 0 Å². The van der Waals surface area contributed by atoms with Crippen molar-refractivity contribution in [3.05, 3.63) is 12.2 Å². The molecule has 0 aliphatic heterocycles. The van der Waals surface area contributed by atoms with Gasteiger partial charge in [-0.3, -0.25) is 0 Å². The van der Waals surface area contributed by atoms with E-state index in [1.165, 1.54) is 0 Å². The summed E-state index contributed by atoms with van der Waals surface area (Å²) >= 11 is 0. The van der Waals surface area contributed by atoms with Crippen LogP contribution in [0.15, 0.2) is 12.2 Å². The number of hydrogen-bond acceptors (Lipinski definition) is 6. The van der Waals surface area contributed by atoms with Crippen LogP contribution < -0.4 is 0 Å². The number of rotatable bonds is 16. The number of hydrogen-bond donors (Lipinski definition) is 2. The third-order valence-electron chi connectivity index (χ3n) is 3.45. The van der Waals surface area contributed by atoms with Crippen LogP contribution >= 0.6 is 0 Å². The SMILES string of the molecule is O=C(/C=C/C(=O)OCCCCCCCO)OCCCCCCCO. The largest absolute Gasteiger partial charge is 0.463 e. The fourth-order valence-corrected chi connectivity index (χ4v) is 2.07. The topological polar surface area (TPSA) is 93.1 Å². The van der Waals surface area contributed by atoms with E-state index in [-0.39, 0.29) is 13.2 Å². The highest BCUT2D eigenvalue weighted by molar-refractivity contribution is 5.91. The maximum atomic E-state index is 11.4. The Morgan fingerprint density at radius 2 is 0.917 bits per heavy atom. The summed E-state index contributed by atoms with van der Waals surface area (Å²) < 4.78 is 9.95. The Hall–Kier alpha value is -1.40. The van der Waals surface area contributed by atoms with Gasteiger partial charge in [0.1, 0.15) is 0 Å². The number of ether oxygens (including phenoxy) is 2. The Morgan fingerprint density at radius 1 is 0.583 bits per heavy atom. The first kappa shape index (κ1) is 22.6. The third-order valence-corrected chi connectivity index (χ3v) is 3.45. The molecule has 0 aliphatic carbocycles. The maximum Gasteiger partial charge on any atom is 0.331 e. The molecule has 0 aromatic rings. The quantitative estimate of drug-likeness (QED) is 0.254. The van der Waals surface area contributed by atoms with Crippen LogP contribution in [-0.4, -0.2) is 48.6 Å². The summed E-state index contributed by atoms with van der Waals surface area (Å²) in [6.07, 6.45) is 11.3. The summed E-state index contributed by atoms with van der Waals surface area (Å²) in [6, 6.07) is 0. The second-order valence-corrected chi connectivity index (χ2v) is 5.65. The van der Waals surface area contributed by atoms with Gasteiger partial charge >= 0.3 is 11.9 Å². The molecule has 2 N–H and O–H groups in total. The molecular formula is C18H32O6. The van der Waals surface area contributed by atoms with E-state index in [0.717, 1.165) is 76.4 Å². The highest BCUT2D eigenvalue weighted by Gasteiger charge is 2.01. The molecule has 0 aromatic carbocycles. The predicted molar refractivity (Wildman–Crippen MR) is 91.4 cm³/mol. The number of unbranched alkanes of at least 4 members (excludes halogenated alkanes) is 8. The van der Waals surface area contributed by atoms with Crippen molar-refractivity contribution in [2.24, 2.45) is 0 Å². The van der Waals surface area contributed by atoms with E-state index in [1.807, 2.05) is 0 Å². The molecule has 0 amide bonds. The maximum absolute atomic E-state index is 11.4. The van der Waals surface area contributed by atoms with E-state index in [2.05, 4.69) is 0 Å². The molecule has 0 heterocycles. The lowest BCUT2D eigenvalue weighted by molar-refractivity contribution is -0.140. The van der Waals surface area contributed by atoms with E-state index in [0.29, 0.717) is 13.2 Å². The van der Waals surface area contributed by atoms with Gasteiger partial charge in [0, 0.05) is 25.4 Å². The molecular weight excluding hydrogens is 312 g/mol. The minimum atomic E-state index is -0.536. The Bertz CT molecular complexity index is 308. The van der Waals surface area contributed by atoms with Gasteiger partial charge in [-0.15, -0.1) is 0 Å². The molecule has 24 heavy (non-hydrogen) atoms. The first-order chi connectivity index (χ1) is 11.7. The molecule has 0 fully saturated rings. The fourth-order valence-electron chi connectivity index (χ4n) is 2.07. The van der Waals surface area contributed by atoms with Crippen LogP contribution in [0.25, 0.3) is 0 Å². The van der Waals surface area contributed by atoms with Crippen LogP contribution in [0.4, 0.5) is 0 Å². The van der Waals surface area contributed by atoms with Crippen molar-refractivity contribution in [2.45, 2.75) is 64.2 Å². The fraction of sp³-hybridized carbons (Fsp3) is 0.778. The first-order valence-electron chi connectivity index (χ1n) is 8.94. The summed E-state index contributed by atoms with van der Waals surface area (Å²) in [5.41, 5.74) is 0. The average Bonchev–Trinajstić information content (AvgIpc) is 2.58. The van der Waals surface area contributed by atoms with E-state index < -0.39 is 11.9 Å².